The van der Waals surface area contributed by atoms with Gasteiger partial charge in [0.2, 0.25) is 0 Å². The summed E-state index contributed by atoms with van der Waals surface area (Å²) in [4.78, 5) is 36.4. The number of carbonyl (C=O) groups excluding carboxylic acids is 3. The van der Waals surface area contributed by atoms with Crippen molar-refractivity contribution >= 4 is 18.0 Å². The number of halogens is 3. The molecule has 11 heteroatoms. The molecule has 1 aliphatic rings. The van der Waals surface area contributed by atoms with E-state index in [0.717, 1.165) is 48.3 Å². The number of aliphatic hydroxyl groups is 1. The number of carbonyl (C=O) groups is 3. The zero-order chi connectivity index (χ0) is 34.8. The molecular formula is C36H45F3N2O6. The van der Waals surface area contributed by atoms with Gasteiger partial charge in [0.25, 0.3) is 5.91 Å². The first-order valence-electron chi connectivity index (χ1n) is 15.6. The zero-order valence-electron chi connectivity index (χ0n) is 27.0. The fourth-order valence-corrected chi connectivity index (χ4v) is 4.73. The lowest BCUT2D eigenvalue weighted by molar-refractivity contribution is -0.144. The number of cyclic esters (lactones) is 1. The molecule has 0 aromatic heterocycles. The van der Waals surface area contributed by atoms with Gasteiger partial charge in [-0.25, -0.2) is 9.59 Å². The fraction of sp³-hybridized carbons (Fsp3) is 0.417. The quantitative estimate of drug-likeness (QED) is 0.164. The second-order valence-electron chi connectivity index (χ2n) is 11.4. The van der Waals surface area contributed by atoms with Crippen LogP contribution in [0.5, 0.6) is 0 Å². The fourth-order valence-electron chi connectivity index (χ4n) is 4.73. The second-order valence-corrected chi connectivity index (χ2v) is 11.4. The number of hydrogen-bond acceptors (Lipinski definition) is 6. The van der Waals surface area contributed by atoms with Crippen molar-refractivity contribution in [1.82, 2.24) is 5.32 Å². The summed E-state index contributed by atoms with van der Waals surface area (Å²) in [6.45, 7) is 5.65. The standard InChI is InChI=1S/C36H45F3N2O6/c1-25-13-9-8-11-15-31(47-35(40)45)30(42)14-10-6-4-5-7-12-16-33(43)46-32(24-25)27(3)23-26(2)21-22-41-34(44)28-17-19-29(20-18-28)36(37,38)39/h8-10,12-14,16-23,27,30-32,42H,4-7,11,15,24H2,1-3H3,(H2,40,45)(H,41,44)/b9-8+,14-10+,16-12+,22-21+,25-13+,26-23+/t27-,30+,31+,32-/m1/s1. The Morgan fingerprint density at radius 1 is 1.11 bits per heavy atom. The van der Waals surface area contributed by atoms with Gasteiger partial charge in [0.1, 0.15) is 18.3 Å². The summed E-state index contributed by atoms with van der Waals surface area (Å²) in [7, 11) is 0. The normalized spacial score (nSPS) is 25.0. The molecule has 1 heterocycles. The Hall–Kier alpha value is -4.38. The van der Waals surface area contributed by atoms with E-state index in [2.05, 4.69) is 5.32 Å². The van der Waals surface area contributed by atoms with Crippen LogP contribution in [0.1, 0.15) is 81.6 Å². The number of alkyl halides is 3. The molecule has 1 aliphatic heterocycles. The number of hydrogen-bond donors (Lipinski definition) is 3. The lowest BCUT2D eigenvalue weighted by Gasteiger charge is -2.22. The van der Waals surface area contributed by atoms with Crippen LogP contribution in [-0.4, -0.2) is 41.4 Å². The Morgan fingerprint density at radius 2 is 1.79 bits per heavy atom. The van der Waals surface area contributed by atoms with Crippen molar-refractivity contribution in [3.63, 3.8) is 0 Å². The molecule has 47 heavy (non-hydrogen) atoms. The summed E-state index contributed by atoms with van der Waals surface area (Å²) in [5, 5.41) is 13.0. The smallest absolute Gasteiger partial charge is 0.416 e. The molecule has 4 atom stereocenters. The summed E-state index contributed by atoms with van der Waals surface area (Å²) in [6, 6.07) is 3.94. The largest absolute Gasteiger partial charge is 0.458 e. The molecule has 0 fully saturated rings. The molecule has 0 aliphatic carbocycles. The number of rotatable bonds is 6. The van der Waals surface area contributed by atoms with Gasteiger partial charge in [0.05, 0.1) is 5.56 Å². The summed E-state index contributed by atoms with van der Waals surface area (Å²) < 4.78 is 49.3. The monoisotopic (exact) mass is 658 g/mol. The number of ether oxygens (including phenoxy) is 2. The van der Waals surface area contributed by atoms with E-state index in [9.17, 15) is 32.7 Å². The van der Waals surface area contributed by atoms with Crippen LogP contribution in [0, 0.1) is 5.92 Å². The maximum Gasteiger partial charge on any atom is 0.416 e. The van der Waals surface area contributed by atoms with Gasteiger partial charge in [-0.05, 0) is 82.7 Å². The second kappa shape index (κ2) is 20.0. The molecule has 256 valence electrons. The molecular weight excluding hydrogens is 613 g/mol. The third-order valence-electron chi connectivity index (χ3n) is 7.30. The van der Waals surface area contributed by atoms with Crippen LogP contribution in [0.15, 0.2) is 96.3 Å². The number of primary amides is 1. The molecule has 0 saturated heterocycles. The summed E-state index contributed by atoms with van der Waals surface area (Å²) in [5.41, 5.74) is 6.17. The van der Waals surface area contributed by atoms with E-state index >= 15 is 0 Å². The maximum atomic E-state index is 12.8. The van der Waals surface area contributed by atoms with Gasteiger partial charge in [0.15, 0.2) is 0 Å². The average molecular weight is 659 g/mol. The zero-order valence-corrected chi connectivity index (χ0v) is 27.0. The predicted molar refractivity (Wildman–Crippen MR) is 175 cm³/mol. The van der Waals surface area contributed by atoms with E-state index in [1.165, 1.54) is 12.3 Å². The van der Waals surface area contributed by atoms with Crippen LogP contribution < -0.4 is 11.1 Å². The lowest BCUT2D eigenvalue weighted by Crippen LogP contribution is -2.32. The molecule has 0 spiro atoms. The Bertz CT molecular complexity index is 1360. The number of amides is 2. The molecule has 4 N–H and O–H groups in total. The highest BCUT2D eigenvalue weighted by atomic mass is 19.4. The van der Waals surface area contributed by atoms with Gasteiger partial charge in [-0.2, -0.15) is 13.2 Å². The number of esters is 1. The van der Waals surface area contributed by atoms with Crippen molar-refractivity contribution in [3.8, 4) is 0 Å². The molecule has 8 nitrogen and oxygen atoms in total. The van der Waals surface area contributed by atoms with E-state index in [1.54, 1.807) is 18.2 Å². The molecule has 2 rings (SSSR count). The van der Waals surface area contributed by atoms with E-state index in [-0.39, 0.29) is 11.5 Å². The van der Waals surface area contributed by atoms with Gasteiger partial charge in [-0.15, -0.1) is 0 Å². The van der Waals surface area contributed by atoms with Crippen LogP contribution in [0.25, 0.3) is 0 Å². The Labute approximate surface area is 274 Å². The predicted octanol–water partition coefficient (Wildman–Crippen LogP) is 7.63. The van der Waals surface area contributed by atoms with E-state index < -0.39 is 48.0 Å². The Morgan fingerprint density at radius 3 is 2.45 bits per heavy atom. The van der Waals surface area contributed by atoms with Crippen LogP contribution >= 0.6 is 0 Å². The minimum Gasteiger partial charge on any atom is -0.458 e. The van der Waals surface area contributed by atoms with Crippen LogP contribution in [-0.2, 0) is 20.4 Å². The molecule has 0 radical (unpaired) electrons. The molecule has 0 saturated carbocycles. The van der Waals surface area contributed by atoms with Crippen molar-refractivity contribution in [3.05, 3.63) is 107 Å². The third kappa shape index (κ3) is 15.6. The topological polar surface area (TPSA) is 128 Å². The number of nitrogens with two attached hydrogens (primary N) is 1. The van der Waals surface area contributed by atoms with Crippen molar-refractivity contribution in [2.75, 3.05) is 0 Å². The van der Waals surface area contributed by atoms with E-state index in [0.29, 0.717) is 32.1 Å². The summed E-state index contributed by atoms with van der Waals surface area (Å²) >= 11 is 0. The summed E-state index contributed by atoms with van der Waals surface area (Å²) in [6.07, 6.45) is 14.0. The number of benzene rings is 1. The highest BCUT2D eigenvalue weighted by molar-refractivity contribution is 5.94. The third-order valence-corrected chi connectivity index (χ3v) is 7.30. The number of allylic oxidation sites excluding steroid dienone is 7. The first kappa shape index (κ1) is 38.8. The minimum absolute atomic E-state index is 0.0884. The van der Waals surface area contributed by atoms with Gasteiger partial charge in [-0.1, -0.05) is 60.6 Å². The van der Waals surface area contributed by atoms with Gasteiger partial charge < -0.3 is 25.6 Å². The number of aliphatic hydroxyl groups excluding tert-OH is 1. The van der Waals surface area contributed by atoms with Crippen LogP contribution in [0.2, 0.25) is 0 Å². The molecule has 1 aromatic rings. The Balaban J connectivity index is 2.13. The average Bonchev–Trinajstić information content (AvgIpc) is 3.00. The van der Waals surface area contributed by atoms with Crippen molar-refractivity contribution in [1.29, 1.82) is 0 Å². The first-order chi connectivity index (χ1) is 22.3. The van der Waals surface area contributed by atoms with Crippen LogP contribution in [0.3, 0.4) is 0 Å². The van der Waals surface area contributed by atoms with Gasteiger partial charge in [-0.3, -0.25) is 4.79 Å². The lowest BCUT2D eigenvalue weighted by atomic mass is 9.95. The molecule has 0 bridgehead atoms. The summed E-state index contributed by atoms with van der Waals surface area (Å²) in [5.74, 6) is -1.22. The Kier molecular flexibility index (Phi) is 16.5. The highest BCUT2D eigenvalue weighted by Gasteiger charge is 2.30. The van der Waals surface area contributed by atoms with E-state index in [1.807, 2.05) is 51.2 Å². The molecule has 0 unspecified atom stereocenters. The van der Waals surface area contributed by atoms with Gasteiger partial charge >= 0.3 is 18.2 Å². The van der Waals surface area contributed by atoms with Crippen LogP contribution in [0.4, 0.5) is 18.0 Å². The number of nitrogens with one attached hydrogen (secondary N) is 1. The first-order valence-corrected chi connectivity index (χ1v) is 15.6. The van der Waals surface area contributed by atoms with E-state index in [4.69, 9.17) is 15.2 Å². The highest BCUT2D eigenvalue weighted by Crippen LogP contribution is 2.29. The maximum absolute atomic E-state index is 12.8. The van der Waals surface area contributed by atoms with Crippen molar-refractivity contribution in [2.24, 2.45) is 11.7 Å². The minimum atomic E-state index is -4.48. The van der Waals surface area contributed by atoms with Crippen molar-refractivity contribution in [2.45, 2.75) is 90.2 Å². The van der Waals surface area contributed by atoms with Crippen molar-refractivity contribution < 1.29 is 42.1 Å². The molecule has 2 amide bonds. The van der Waals surface area contributed by atoms with Gasteiger partial charge in [0, 0.05) is 30.2 Å². The SMILES string of the molecule is CC(/C=C/NC(=O)c1ccc(C(F)(F)F)cc1)=C\[C@@H](C)[C@H]1C/C(C)=C/C=C/CC[C@H](OC(N)=O)[C@@H](O)/C=C/CCCC/C=C/C(=O)O1. The molecule has 1 aromatic carbocycles.